The van der Waals surface area contributed by atoms with Gasteiger partial charge in [0, 0.05) is 37.9 Å². The Hall–Kier alpha value is -3.30. The summed E-state index contributed by atoms with van der Waals surface area (Å²) in [4.78, 5) is 32.1. The van der Waals surface area contributed by atoms with Gasteiger partial charge in [0.2, 0.25) is 5.91 Å². The average Bonchev–Trinajstić information content (AvgIpc) is 2.73. The lowest BCUT2D eigenvalue weighted by Crippen LogP contribution is -2.45. The average molecular weight is 433 g/mol. The first-order valence-corrected chi connectivity index (χ1v) is 9.95. The van der Waals surface area contributed by atoms with Gasteiger partial charge in [0.1, 0.15) is 5.82 Å². The number of pyridine rings is 1. The second kappa shape index (κ2) is 8.09. The van der Waals surface area contributed by atoms with Gasteiger partial charge < -0.3 is 20.4 Å². The zero-order valence-corrected chi connectivity index (χ0v) is 16.9. The van der Waals surface area contributed by atoms with Gasteiger partial charge in [0.25, 0.3) is 5.91 Å². The molecule has 0 atom stereocenters. The predicted octanol–water partition coefficient (Wildman–Crippen LogP) is 2.89. The third-order valence-corrected chi connectivity index (χ3v) is 5.55. The number of aromatic nitrogens is 1. The molecular formula is C21H22F3N5O2. The molecule has 1 aromatic carbocycles. The van der Waals surface area contributed by atoms with E-state index in [4.69, 9.17) is 0 Å². The van der Waals surface area contributed by atoms with Gasteiger partial charge in [-0.1, -0.05) is 0 Å². The molecule has 1 saturated heterocycles. The lowest BCUT2D eigenvalue weighted by atomic mass is 10.0. The Morgan fingerprint density at radius 1 is 1.19 bits per heavy atom. The number of anilines is 3. The molecule has 0 aliphatic carbocycles. The second-order valence-electron chi connectivity index (χ2n) is 7.77. The molecule has 2 aromatic rings. The predicted molar refractivity (Wildman–Crippen MR) is 110 cm³/mol. The van der Waals surface area contributed by atoms with Gasteiger partial charge in [-0.05, 0) is 43.2 Å². The first kappa shape index (κ1) is 21.0. The minimum atomic E-state index is -4.41. The number of carbonyl (C=O) groups excluding carboxylic acids is 2. The van der Waals surface area contributed by atoms with Gasteiger partial charge >= 0.3 is 6.18 Å². The largest absolute Gasteiger partial charge is 0.417 e. The number of piperidine rings is 1. The maximum absolute atomic E-state index is 12.7. The number of carbonyl (C=O) groups is 2. The smallest absolute Gasteiger partial charge is 0.364 e. The normalized spacial score (nSPS) is 17.2. The van der Waals surface area contributed by atoms with Crippen LogP contribution in [0.2, 0.25) is 0 Å². The van der Waals surface area contributed by atoms with Gasteiger partial charge in [-0.25, -0.2) is 4.98 Å². The molecule has 2 aliphatic rings. The number of nitrogens with one attached hydrogen (secondary N) is 2. The summed E-state index contributed by atoms with van der Waals surface area (Å²) in [6.07, 6.45) is -2.26. The van der Waals surface area contributed by atoms with E-state index < -0.39 is 11.7 Å². The van der Waals surface area contributed by atoms with E-state index in [1.165, 1.54) is 6.07 Å². The molecule has 1 fully saturated rings. The zero-order valence-electron chi connectivity index (χ0n) is 16.9. The number of hydrogen-bond acceptors (Lipinski definition) is 5. The van der Waals surface area contributed by atoms with Gasteiger partial charge in [0.05, 0.1) is 23.5 Å². The maximum Gasteiger partial charge on any atom is 0.417 e. The number of likely N-dealkylation sites (N-methyl/N-ethyl adjacent to an activating group) is 1. The topological polar surface area (TPSA) is 77.6 Å². The molecule has 0 saturated carbocycles. The van der Waals surface area contributed by atoms with Crippen molar-refractivity contribution in [1.29, 1.82) is 0 Å². The van der Waals surface area contributed by atoms with Crippen LogP contribution in [0.5, 0.6) is 0 Å². The monoisotopic (exact) mass is 433 g/mol. The van der Waals surface area contributed by atoms with Gasteiger partial charge in [-0.3, -0.25) is 9.59 Å². The highest BCUT2D eigenvalue weighted by Crippen LogP contribution is 2.31. The molecule has 2 amide bonds. The Bertz CT molecular complexity index is 985. The van der Waals surface area contributed by atoms with E-state index in [0.29, 0.717) is 43.0 Å². The summed E-state index contributed by atoms with van der Waals surface area (Å²) in [5.74, 6) is 0.139. The summed E-state index contributed by atoms with van der Waals surface area (Å²) < 4.78 is 38.1. The molecule has 4 rings (SSSR count). The van der Waals surface area contributed by atoms with Crippen LogP contribution < -0.4 is 20.4 Å². The Morgan fingerprint density at radius 2 is 1.94 bits per heavy atom. The minimum absolute atomic E-state index is 0.0495. The fourth-order valence-corrected chi connectivity index (χ4v) is 3.86. The number of hydrogen-bond donors (Lipinski definition) is 2. The SMILES string of the molecule is CN1CC(=O)Nc2cc(C(=O)NC3CCN(c4ccc(C(F)(F)F)cn4)CC3)ccc21. The van der Waals surface area contributed by atoms with Gasteiger partial charge in [0.15, 0.2) is 0 Å². The van der Waals surface area contributed by atoms with Crippen LogP contribution in [0.25, 0.3) is 0 Å². The van der Waals surface area contributed by atoms with Crippen molar-refractivity contribution in [3.8, 4) is 0 Å². The van der Waals surface area contributed by atoms with Crippen LogP contribution in [0.15, 0.2) is 36.5 Å². The number of benzene rings is 1. The molecular weight excluding hydrogens is 411 g/mol. The summed E-state index contributed by atoms with van der Waals surface area (Å²) in [7, 11) is 1.82. The summed E-state index contributed by atoms with van der Waals surface area (Å²) in [5, 5.41) is 5.79. The Kier molecular flexibility index (Phi) is 5.47. The van der Waals surface area contributed by atoms with Crippen molar-refractivity contribution in [3.63, 3.8) is 0 Å². The van der Waals surface area contributed by atoms with Crippen molar-refractivity contribution >= 4 is 29.0 Å². The van der Waals surface area contributed by atoms with Crippen molar-refractivity contribution in [2.45, 2.75) is 25.1 Å². The summed E-state index contributed by atoms with van der Waals surface area (Å²) in [6.45, 7) is 1.42. The molecule has 10 heteroatoms. The molecule has 1 aromatic heterocycles. The van der Waals surface area contributed by atoms with Crippen molar-refractivity contribution in [3.05, 3.63) is 47.7 Å². The minimum Gasteiger partial charge on any atom is -0.364 e. The van der Waals surface area contributed by atoms with Crippen LogP contribution in [-0.4, -0.2) is 49.5 Å². The highest BCUT2D eigenvalue weighted by molar-refractivity contribution is 6.03. The molecule has 7 nitrogen and oxygen atoms in total. The zero-order chi connectivity index (χ0) is 22.2. The fourth-order valence-electron chi connectivity index (χ4n) is 3.86. The molecule has 3 heterocycles. The van der Waals surface area contributed by atoms with Gasteiger partial charge in [-0.2, -0.15) is 13.2 Å². The third kappa shape index (κ3) is 4.57. The van der Waals surface area contributed by atoms with E-state index >= 15 is 0 Å². The summed E-state index contributed by atoms with van der Waals surface area (Å²) >= 11 is 0. The van der Waals surface area contributed by atoms with Crippen LogP contribution in [-0.2, 0) is 11.0 Å². The molecule has 0 radical (unpaired) electrons. The highest BCUT2D eigenvalue weighted by atomic mass is 19.4. The molecule has 0 spiro atoms. The number of rotatable bonds is 3. The molecule has 0 unspecified atom stereocenters. The van der Waals surface area contributed by atoms with E-state index in [9.17, 15) is 22.8 Å². The second-order valence-corrected chi connectivity index (χ2v) is 7.77. The Labute approximate surface area is 177 Å². The van der Waals surface area contributed by atoms with Gasteiger partial charge in [-0.15, -0.1) is 0 Å². The lowest BCUT2D eigenvalue weighted by molar-refractivity contribution is -0.137. The van der Waals surface area contributed by atoms with E-state index in [1.54, 1.807) is 12.1 Å². The molecule has 31 heavy (non-hydrogen) atoms. The Morgan fingerprint density at radius 3 is 2.58 bits per heavy atom. The van der Waals surface area contributed by atoms with Crippen molar-refractivity contribution in [1.82, 2.24) is 10.3 Å². The fraction of sp³-hybridized carbons (Fsp3) is 0.381. The quantitative estimate of drug-likeness (QED) is 0.779. The van der Waals surface area contributed by atoms with Crippen molar-refractivity contribution in [2.24, 2.45) is 0 Å². The molecule has 164 valence electrons. The number of amides is 2. The molecule has 0 bridgehead atoms. The first-order chi connectivity index (χ1) is 14.7. The van der Waals surface area contributed by atoms with Crippen LogP contribution in [0.4, 0.5) is 30.4 Å². The van der Waals surface area contributed by atoms with Crippen LogP contribution >= 0.6 is 0 Å². The van der Waals surface area contributed by atoms with E-state index in [-0.39, 0.29) is 24.4 Å². The highest BCUT2D eigenvalue weighted by Gasteiger charge is 2.31. The molecule has 2 aliphatic heterocycles. The number of nitrogens with zero attached hydrogens (tertiary/aromatic N) is 3. The van der Waals surface area contributed by atoms with E-state index in [2.05, 4.69) is 15.6 Å². The number of fused-ring (bicyclic) bond motifs is 1. The van der Waals surface area contributed by atoms with Crippen LogP contribution in [0.3, 0.4) is 0 Å². The molecule has 2 N–H and O–H groups in total. The number of alkyl halides is 3. The Balaban J connectivity index is 1.34. The van der Waals surface area contributed by atoms with Crippen molar-refractivity contribution in [2.75, 3.05) is 41.8 Å². The first-order valence-electron chi connectivity index (χ1n) is 9.95. The number of halogens is 3. The van der Waals surface area contributed by atoms with E-state index in [1.807, 2.05) is 22.9 Å². The van der Waals surface area contributed by atoms with Crippen LogP contribution in [0.1, 0.15) is 28.8 Å². The summed E-state index contributed by atoms with van der Waals surface area (Å²) in [6, 6.07) is 7.56. The van der Waals surface area contributed by atoms with Crippen molar-refractivity contribution < 1.29 is 22.8 Å². The van der Waals surface area contributed by atoms with Crippen LogP contribution in [0, 0.1) is 0 Å². The standard InChI is InChI=1S/C21H22F3N5O2/c1-28-12-19(30)27-16-10-13(2-4-17(16)28)20(31)26-15-6-8-29(9-7-15)18-5-3-14(11-25-18)21(22,23)24/h2-5,10-11,15H,6-9,12H2,1H3,(H,26,31)(H,27,30). The lowest BCUT2D eigenvalue weighted by Gasteiger charge is -2.33. The third-order valence-electron chi connectivity index (χ3n) is 5.55. The van der Waals surface area contributed by atoms with E-state index in [0.717, 1.165) is 18.0 Å². The maximum atomic E-state index is 12.7. The summed E-state index contributed by atoms with van der Waals surface area (Å²) in [5.41, 5.74) is 1.15.